The number of aliphatic imine (C=N–C) groups is 1. The van der Waals surface area contributed by atoms with Gasteiger partial charge in [-0.25, -0.2) is 4.39 Å². The number of likely N-dealkylation sites (tertiary alicyclic amines) is 1. The number of nitrogens with one attached hydrogen (secondary N) is 2. The van der Waals surface area contributed by atoms with Crippen molar-refractivity contribution in [2.24, 2.45) is 4.99 Å². The van der Waals surface area contributed by atoms with E-state index in [2.05, 4.69) is 20.5 Å². The lowest BCUT2D eigenvalue weighted by atomic mass is 10.1. The second kappa shape index (κ2) is 9.47. The van der Waals surface area contributed by atoms with Crippen LogP contribution in [0.15, 0.2) is 23.2 Å². The third-order valence-electron chi connectivity index (χ3n) is 4.13. The molecule has 3 N–H and O–H groups in total. The molecule has 23 heavy (non-hydrogen) atoms. The molecule has 128 valence electrons. The van der Waals surface area contributed by atoms with Crippen molar-refractivity contribution in [3.8, 4) is 0 Å². The van der Waals surface area contributed by atoms with Gasteiger partial charge in [0.1, 0.15) is 5.82 Å². The smallest absolute Gasteiger partial charge is 0.191 e. The Morgan fingerprint density at radius 2 is 2.04 bits per heavy atom. The van der Waals surface area contributed by atoms with E-state index in [1.54, 1.807) is 19.2 Å². The molecule has 5 nitrogen and oxygen atoms in total. The number of piperidine rings is 1. The van der Waals surface area contributed by atoms with Gasteiger partial charge >= 0.3 is 0 Å². The van der Waals surface area contributed by atoms with Gasteiger partial charge in [-0.2, -0.15) is 0 Å². The lowest BCUT2D eigenvalue weighted by Crippen LogP contribution is -2.42. The maximum Gasteiger partial charge on any atom is 0.191 e. The second-order valence-electron chi connectivity index (χ2n) is 5.84. The quantitative estimate of drug-likeness (QED) is 0.548. The van der Waals surface area contributed by atoms with Gasteiger partial charge in [0.25, 0.3) is 0 Å². The standard InChI is InChI=1S/C17H27FN4O/c1-19-17(20-7-10-22-8-3-2-4-9-22)21-12-14-5-6-16(18)15(11-14)13-23/h5-6,11,23H,2-4,7-10,12-13H2,1H3,(H2,19,20,21). The summed E-state index contributed by atoms with van der Waals surface area (Å²) in [6.45, 7) is 4.50. The van der Waals surface area contributed by atoms with Crippen LogP contribution in [0.2, 0.25) is 0 Å². The summed E-state index contributed by atoms with van der Waals surface area (Å²) in [6.07, 6.45) is 3.94. The zero-order valence-corrected chi connectivity index (χ0v) is 13.8. The van der Waals surface area contributed by atoms with Gasteiger partial charge in [-0.05, 0) is 43.6 Å². The van der Waals surface area contributed by atoms with Crippen LogP contribution < -0.4 is 10.6 Å². The van der Waals surface area contributed by atoms with Crippen molar-refractivity contribution in [1.29, 1.82) is 0 Å². The number of hydrogen-bond donors (Lipinski definition) is 3. The van der Waals surface area contributed by atoms with E-state index in [0.29, 0.717) is 12.1 Å². The van der Waals surface area contributed by atoms with Crippen molar-refractivity contribution < 1.29 is 9.50 Å². The minimum Gasteiger partial charge on any atom is -0.392 e. The number of rotatable bonds is 6. The van der Waals surface area contributed by atoms with Crippen molar-refractivity contribution in [2.75, 3.05) is 33.2 Å². The molecule has 1 aromatic rings. The lowest BCUT2D eigenvalue weighted by molar-refractivity contribution is 0.232. The zero-order valence-electron chi connectivity index (χ0n) is 13.8. The van der Waals surface area contributed by atoms with Gasteiger partial charge in [-0.1, -0.05) is 12.5 Å². The molecular weight excluding hydrogens is 295 g/mol. The van der Waals surface area contributed by atoms with Crippen LogP contribution in [0.3, 0.4) is 0 Å². The van der Waals surface area contributed by atoms with E-state index in [9.17, 15) is 4.39 Å². The van der Waals surface area contributed by atoms with Crippen molar-refractivity contribution >= 4 is 5.96 Å². The van der Waals surface area contributed by atoms with Crippen LogP contribution in [0.25, 0.3) is 0 Å². The zero-order chi connectivity index (χ0) is 16.5. The van der Waals surface area contributed by atoms with Crippen LogP contribution in [0, 0.1) is 5.82 Å². The first-order chi connectivity index (χ1) is 11.2. The summed E-state index contributed by atoms with van der Waals surface area (Å²) in [4.78, 5) is 6.67. The molecule has 0 bridgehead atoms. The molecule has 1 saturated heterocycles. The van der Waals surface area contributed by atoms with E-state index in [1.807, 2.05) is 0 Å². The van der Waals surface area contributed by atoms with Gasteiger partial charge in [0.05, 0.1) is 6.61 Å². The molecule has 1 aliphatic rings. The van der Waals surface area contributed by atoms with E-state index in [-0.39, 0.29) is 12.4 Å². The molecular formula is C17H27FN4O. The van der Waals surface area contributed by atoms with E-state index >= 15 is 0 Å². The molecule has 0 saturated carbocycles. The second-order valence-corrected chi connectivity index (χ2v) is 5.84. The van der Waals surface area contributed by atoms with E-state index in [4.69, 9.17) is 5.11 Å². The van der Waals surface area contributed by atoms with Gasteiger partial charge in [0, 0.05) is 32.2 Å². The molecule has 0 amide bonds. The maximum absolute atomic E-state index is 13.4. The molecule has 0 unspecified atom stereocenters. The van der Waals surface area contributed by atoms with Crippen molar-refractivity contribution in [3.63, 3.8) is 0 Å². The Balaban J connectivity index is 1.74. The molecule has 1 heterocycles. The fraction of sp³-hybridized carbons (Fsp3) is 0.588. The highest BCUT2D eigenvalue weighted by molar-refractivity contribution is 5.79. The average molecular weight is 322 g/mol. The van der Waals surface area contributed by atoms with Crippen LogP contribution in [0.1, 0.15) is 30.4 Å². The van der Waals surface area contributed by atoms with Crippen LogP contribution in [-0.2, 0) is 13.2 Å². The fourth-order valence-electron chi connectivity index (χ4n) is 2.78. The summed E-state index contributed by atoms with van der Waals surface area (Å²) in [5, 5.41) is 15.6. The first-order valence-electron chi connectivity index (χ1n) is 8.28. The summed E-state index contributed by atoms with van der Waals surface area (Å²) in [6, 6.07) is 4.76. The lowest BCUT2D eigenvalue weighted by Gasteiger charge is -2.26. The summed E-state index contributed by atoms with van der Waals surface area (Å²) in [7, 11) is 1.74. The number of guanidine groups is 1. The molecule has 0 aliphatic carbocycles. The Bertz CT molecular complexity index is 515. The Kier molecular flexibility index (Phi) is 7.29. The van der Waals surface area contributed by atoms with E-state index < -0.39 is 0 Å². The van der Waals surface area contributed by atoms with Gasteiger partial charge in [-0.15, -0.1) is 0 Å². The van der Waals surface area contributed by atoms with Gasteiger partial charge in [0.2, 0.25) is 0 Å². The summed E-state index contributed by atoms with van der Waals surface area (Å²) < 4.78 is 13.4. The SMILES string of the molecule is CN=C(NCCN1CCCCC1)NCc1ccc(F)c(CO)c1. The molecule has 0 radical (unpaired) electrons. The first kappa shape index (κ1) is 17.7. The molecule has 1 aliphatic heterocycles. The molecule has 1 fully saturated rings. The predicted octanol–water partition coefficient (Wildman–Crippen LogP) is 1.47. The van der Waals surface area contributed by atoms with E-state index in [1.165, 1.54) is 38.4 Å². The normalized spacial score (nSPS) is 16.4. The van der Waals surface area contributed by atoms with Gasteiger partial charge in [0.15, 0.2) is 5.96 Å². The highest BCUT2D eigenvalue weighted by atomic mass is 19.1. The molecule has 0 spiro atoms. The van der Waals surface area contributed by atoms with Crippen LogP contribution in [-0.4, -0.2) is 49.2 Å². The highest BCUT2D eigenvalue weighted by Crippen LogP contribution is 2.10. The molecule has 0 atom stereocenters. The number of benzene rings is 1. The number of halogens is 1. The third-order valence-corrected chi connectivity index (χ3v) is 4.13. The number of nitrogens with zero attached hydrogens (tertiary/aromatic N) is 2. The van der Waals surface area contributed by atoms with Crippen LogP contribution in [0.5, 0.6) is 0 Å². The number of aliphatic hydroxyl groups is 1. The maximum atomic E-state index is 13.4. The third kappa shape index (κ3) is 5.80. The van der Waals surface area contributed by atoms with Crippen LogP contribution in [0.4, 0.5) is 4.39 Å². The average Bonchev–Trinajstić information content (AvgIpc) is 2.60. The highest BCUT2D eigenvalue weighted by Gasteiger charge is 2.09. The molecule has 1 aromatic carbocycles. The topological polar surface area (TPSA) is 59.9 Å². The number of hydrogen-bond acceptors (Lipinski definition) is 3. The van der Waals surface area contributed by atoms with Crippen molar-refractivity contribution in [2.45, 2.75) is 32.4 Å². The Morgan fingerprint density at radius 1 is 1.26 bits per heavy atom. The minimum absolute atomic E-state index is 0.289. The summed E-state index contributed by atoms with van der Waals surface area (Å²) in [5.41, 5.74) is 1.23. The summed E-state index contributed by atoms with van der Waals surface area (Å²) >= 11 is 0. The molecule has 0 aromatic heterocycles. The van der Waals surface area contributed by atoms with Crippen molar-refractivity contribution in [1.82, 2.24) is 15.5 Å². The van der Waals surface area contributed by atoms with Crippen LogP contribution >= 0.6 is 0 Å². The fourth-order valence-corrected chi connectivity index (χ4v) is 2.78. The number of aliphatic hydroxyl groups excluding tert-OH is 1. The Morgan fingerprint density at radius 3 is 2.74 bits per heavy atom. The Labute approximate surface area is 137 Å². The summed E-state index contributed by atoms with van der Waals surface area (Å²) in [5.74, 6) is 0.358. The monoisotopic (exact) mass is 322 g/mol. The van der Waals surface area contributed by atoms with Gasteiger partial charge in [-0.3, -0.25) is 4.99 Å². The van der Waals surface area contributed by atoms with Gasteiger partial charge < -0.3 is 20.6 Å². The minimum atomic E-state index is -0.375. The largest absolute Gasteiger partial charge is 0.392 e. The predicted molar refractivity (Wildman–Crippen MR) is 90.8 cm³/mol. The first-order valence-corrected chi connectivity index (χ1v) is 8.28. The molecule has 6 heteroatoms. The van der Waals surface area contributed by atoms with Crippen molar-refractivity contribution in [3.05, 3.63) is 35.1 Å². The Hall–Kier alpha value is -1.66. The molecule has 2 rings (SSSR count). The van der Waals surface area contributed by atoms with E-state index in [0.717, 1.165) is 24.6 Å².